The zero-order valence-corrected chi connectivity index (χ0v) is 12.5. The van der Waals surface area contributed by atoms with Gasteiger partial charge in [0.25, 0.3) is 0 Å². The van der Waals surface area contributed by atoms with E-state index in [9.17, 15) is 0 Å². The summed E-state index contributed by atoms with van der Waals surface area (Å²) < 4.78 is 13.1. The largest absolute Gasteiger partial charge is 0.493 e. The maximum absolute atomic E-state index is 6.01. The monoisotopic (exact) mass is 297 g/mol. The summed E-state index contributed by atoms with van der Waals surface area (Å²) in [6, 6.07) is 15.5. The van der Waals surface area contributed by atoms with Crippen LogP contribution in [0.15, 0.2) is 48.5 Å². The van der Waals surface area contributed by atoms with Gasteiger partial charge in [0.05, 0.1) is 17.8 Å². The van der Waals surface area contributed by atoms with Gasteiger partial charge in [0.2, 0.25) is 0 Å². The summed E-state index contributed by atoms with van der Waals surface area (Å²) in [7, 11) is 1.67. The van der Waals surface area contributed by atoms with Gasteiger partial charge in [-0.2, -0.15) is 0 Å². The molecule has 114 valence electrons. The molecule has 0 aliphatic carbocycles. The summed E-state index contributed by atoms with van der Waals surface area (Å²) in [5.74, 6) is 1.77. The Balaban J connectivity index is 1.80. The minimum absolute atomic E-state index is 0.445. The average Bonchev–Trinajstić information content (AvgIpc) is 2.89. The van der Waals surface area contributed by atoms with E-state index in [-0.39, 0.29) is 0 Å². The number of nitrogen functional groups attached to an aromatic ring is 1. The van der Waals surface area contributed by atoms with Crippen LogP contribution in [0, 0.1) is 0 Å². The molecule has 5 heteroatoms. The average molecular weight is 297 g/mol. The number of methoxy groups -OCH3 is 1. The first-order valence-corrected chi connectivity index (χ1v) is 7.20. The van der Waals surface area contributed by atoms with Gasteiger partial charge in [-0.05, 0) is 24.3 Å². The molecule has 1 heterocycles. The molecular formula is C17H19N3O2. The molecular weight excluding hydrogens is 278 g/mol. The summed E-state index contributed by atoms with van der Waals surface area (Å²) in [5.41, 5.74) is 8.48. The third-order valence-corrected chi connectivity index (χ3v) is 3.48. The zero-order valence-electron chi connectivity index (χ0n) is 12.5. The molecule has 0 amide bonds. The summed E-state index contributed by atoms with van der Waals surface area (Å²) in [6.45, 7) is 0.998. The Morgan fingerprint density at radius 2 is 1.91 bits per heavy atom. The van der Waals surface area contributed by atoms with Crippen LogP contribution in [0.2, 0.25) is 0 Å². The molecule has 0 bridgehead atoms. The summed E-state index contributed by atoms with van der Waals surface area (Å²) in [5, 5.41) is 0. The van der Waals surface area contributed by atoms with Crippen molar-refractivity contribution < 1.29 is 9.47 Å². The van der Waals surface area contributed by atoms with E-state index in [1.807, 2.05) is 53.1 Å². The molecule has 3 aromatic rings. The number of rotatable bonds is 6. The zero-order chi connectivity index (χ0) is 15.4. The van der Waals surface area contributed by atoms with Crippen molar-refractivity contribution in [3.05, 3.63) is 54.4 Å². The van der Waals surface area contributed by atoms with E-state index in [1.165, 1.54) is 0 Å². The fourth-order valence-electron chi connectivity index (χ4n) is 2.46. The minimum Gasteiger partial charge on any atom is -0.493 e. The van der Waals surface area contributed by atoms with Crippen LogP contribution >= 0.6 is 0 Å². The molecule has 0 saturated carbocycles. The number of imidazole rings is 1. The van der Waals surface area contributed by atoms with Crippen LogP contribution in [0.1, 0.15) is 5.82 Å². The van der Waals surface area contributed by atoms with Gasteiger partial charge in [0, 0.05) is 13.5 Å². The van der Waals surface area contributed by atoms with Crippen LogP contribution in [0.4, 0.5) is 5.69 Å². The van der Waals surface area contributed by atoms with Crippen molar-refractivity contribution in [3.8, 4) is 5.75 Å². The Morgan fingerprint density at radius 1 is 1.09 bits per heavy atom. The molecule has 3 rings (SSSR count). The molecule has 2 N–H and O–H groups in total. The molecule has 22 heavy (non-hydrogen) atoms. The van der Waals surface area contributed by atoms with Crippen molar-refractivity contribution in [2.75, 3.05) is 19.5 Å². The van der Waals surface area contributed by atoms with Crippen LogP contribution in [-0.4, -0.2) is 23.3 Å². The van der Waals surface area contributed by atoms with Gasteiger partial charge in [0.1, 0.15) is 23.8 Å². The van der Waals surface area contributed by atoms with Gasteiger partial charge in [-0.1, -0.05) is 24.3 Å². The van der Waals surface area contributed by atoms with Crippen molar-refractivity contribution >= 4 is 16.7 Å². The minimum atomic E-state index is 0.445. The predicted molar refractivity (Wildman–Crippen MR) is 86.8 cm³/mol. The molecule has 0 aliphatic rings. The van der Waals surface area contributed by atoms with Gasteiger partial charge in [-0.3, -0.25) is 0 Å². The second-order valence-corrected chi connectivity index (χ2v) is 5.00. The van der Waals surface area contributed by atoms with Crippen molar-refractivity contribution in [1.82, 2.24) is 9.55 Å². The van der Waals surface area contributed by atoms with Crippen LogP contribution in [0.3, 0.4) is 0 Å². The van der Waals surface area contributed by atoms with E-state index in [1.54, 1.807) is 7.11 Å². The van der Waals surface area contributed by atoms with Crippen molar-refractivity contribution in [3.63, 3.8) is 0 Å². The second-order valence-electron chi connectivity index (χ2n) is 5.00. The molecule has 0 atom stereocenters. The summed E-state index contributed by atoms with van der Waals surface area (Å²) in [4.78, 5) is 4.64. The lowest BCUT2D eigenvalue weighted by molar-refractivity contribution is 0.131. The molecule has 1 aromatic heterocycles. The Hall–Kier alpha value is -2.53. The first kappa shape index (κ1) is 14.4. The number of nitrogens with zero attached hydrogens (tertiary/aromatic N) is 2. The maximum atomic E-state index is 6.01. The lowest BCUT2D eigenvalue weighted by Crippen LogP contribution is -2.10. The predicted octanol–water partition coefficient (Wildman–Crippen LogP) is 2.84. The first-order valence-electron chi connectivity index (χ1n) is 7.20. The highest BCUT2D eigenvalue weighted by atomic mass is 16.5. The van der Waals surface area contributed by atoms with E-state index in [0.717, 1.165) is 22.6 Å². The normalized spacial score (nSPS) is 11.0. The van der Waals surface area contributed by atoms with E-state index < -0.39 is 0 Å². The van der Waals surface area contributed by atoms with Gasteiger partial charge >= 0.3 is 0 Å². The third-order valence-electron chi connectivity index (χ3n) is 3.48. The van der Waals surface area contributed by atoms with Crippen LogP contribution in [0.25, 0.3) is 11.0 Å². The summed E-state index contributed by atoms with van der Waals surface area (Å²) >= 11 is 0. The fourth-order valence-corrected chi connectivity index (χ4v) is 2.46. The molecule has 0 fully saturated rings. The number of ether oxygens (including phenoxy) is 2. The van der Waals surface area contributed by atoms with Crippen molar-refractivity contribution in [2.45, 2.75) is 13.2 Å². The van der Waals surface area contributed by atoms with Crippen LogP contribution < -0.4 is 10.5 Å². The molecule has 2 aromatic carbocycles. The third kappa shape index (κ3) is 2.89. The number of hydrogen-bond acceptors (Lipinski definition) is 4. The van der Waals surface area contributed by atoms with E-state index >= 15 is 0 Å². The maximum Gasteiger partial charge on any atom is 0.124 e. The molecule has 0 aliphatic heterocycles. The van der Waals surface area contributed by atoms with Crippen LogP contribution in [-0.2, 0) is 17.9 Å². The first-order chi connectivity index (χ1) is 10.8. The number of fused-ring (bicyclic) bond motifs is 1. The SMILES string of the molecule is COCn1c(CCOc2ccccc2)nc2c(N)cccc21. The lowest BCUT2D eigenvalue weighted by atomic mass is 10.3. The number of aromatic nitrogens is 2. The Morgan fingerprint density at radius 3 is 2.68 bits per heavy atom. The molecule has 5 nitrogen and oxygen atoms in total. The lowest BCUT2D eigenvalue weighted by Gasteiger charge is -2.09. The fraction of sp³-hybridized carbons (Fsp3) is 0.235. The van der Waals surface area contributed by atoms with E-state index in [4.69, 9.17) is 15.2 Å². The van der Waals surface area contributed by atoms with Crippen LogP contribution in [0.5, 0.6) is 5.75 Å². The molecule has 0 unspecified atom stereocenters. The molecule has 0 saturated heterocycles. The number of hydrogen-bond donors (Lipinski definition) is 1. The number of anilines is 1. The molecule has 0 radical (unpaired) electrons. The highest BCUT2D eigenvalue weighted by molar-refractivity contribution is 5.87. The number of benzene rings is 2. The highest BCUT2D eigenvalue weighted by Gasteiger charge is 2.12. The van der Waals surface area contributed by atoms with Crippen molar-refractivity contribution in [2.24, 2.45) is 0 Å². The standard InChI is InChI=1S/C17H19N3O2/c1-21-12-20-15-9-5-8-14(18)17(15)19-16(20)10-11-22-13-6-3-2-4-7-13/h2-9H,10-12,18H2,1H3. The van der Waals surface area contributed by atoms with Crippen molar-refractivity contribution in [1.29, 1.82) is 0 Å². The van der Waals surface area contributed by atoms with Gasteiger partial charge < -0.3 is 19.8 Å². The topological polar surface area (TPSA) is 62.3 Å². The van der Waals surface area contributed by atoms with Gasteiger partial charge in [-0.25, -0.2) is 4.98 Å². The Bertz CT molecular complexity index is 753. The van der Waals surface area contributed by atoms with Gasteiger partial charge in [-0.15, -0.1) is 0 Å². The number of para-hydroxylation sites is 2. The second kappa shape index (κ2) is 6.49. The van der Waals surface area contributed by atoms with Gasteiger partial charge in [0.15, 0.2) is 0 Å². The van der Waals surface area contributed by atoms with E-state index in [2.05, 4.69) is 4.98 Å². The van der Waals surface area contributed by atoms with E-state index in [0.29, 0.717) is 25.4 Å². The number of nitrogens with two attached hydrogens (primary N) is 1. The highest BCUT2D eigenvalue weighted by Crippen LogP contribution is 2.22. The summed E-state index contributed by atoms with van der Waals surface area (Å²) in [6.07, 6.45) is 0.687. The smallest absolute Gasteiger partial charge is 0.124 e. The molecule has 0 spiro atoms. The Kier molecular flexibility index (Phi) is 4.25. The Labute approximate surface area is 129 Å². The quantitative estimate of drug-likeness (QED) is 0.711.